The van der Waals surface area contributed by atoms with Gasteiger partial charge in [0.1, 0.15) is 12.9 Å². The molecule has 0 aliphatic carbocycles. The molecular weight excluding hydrogens is 364 g/mol. The molecule has 2 amide bonds. The topological polar surface area (TPSA) is 66.4 Å². The molecule has 3 aromatic rings. The van der Waals surface area contributed by atoms with E-state index in [2.05, 4.69) is 9.97 Å². The molecule has 6 heteroatoms. The normalized spacial score (nSPS) is 16.8. The second-order valence-corrected chi connectivity index (χ2v) is 7.19. The Morgan fingerprint density at radius 3 is 2.55 bits per heavy atom. The zero-order valence-electron chi connectivity index (χ0n) is 16.4. The monoisotopic (exact) mass is 386 g/mol. The summed E-state index contributed by atoms with van der Waals surface area (Å²) in [6, 6.07) is 17.7. The van der Waals surface area contributed by atoms with E-state index in [1.54, 1.807) is 16.7 Å². The lowest BCUT2D eigenvalue weighted by molar-refractivity contribution is -0.121. The summed E-state index contributed by atoms with van der Waals surface area (Å²) in [5, 5.41) is 0. The standard InChI is InChI=1S/C23H22N4O2/c1-16-13-27(21-11-7-6-10-19(21)18-8-4-3-5-9-18)22(28)14-26(16)23(29)20-12-24-15-25-17(20)2/h3-12,15-16H,13-14H2,1-2H3/t16-/m1/s1. The number of rotatable bonds is 3. The Bertz CT molecular complexity index is 1050. The van der Waals surface area contributed by atoms with Crippen LogP contribution in [0.3, 0.4) is 0 Å². The molecule has 0 saturated carbocycles. The van der Waals surface area contributed by atoms with Crippen LogP contribution in [-0.4, -0.2) is 45.8 Å². The van der Waals surface area contributed by atoms with Gasteiger partial charge in [-0.2, -0.15) is 0 Å². The Kier molecular flexibility index (Phi) is 5.08. The predicted molar refractivity (Wildman–Crippen MR) is 111 cm³/mol. The minimum atomic E-state index is -0.208. The zero-order chi connectivity index (χ0) is 20.4. The second kappa shape index (κ2) is 7.83. The van der Waals surface area contributed by atoms with Gasteiger partial charge in [0.25, 0.3) is 5.91 Å². The van der Waals surface area contributed by atoms with Crippen molar-refractivity contribution in [1.29, 1.82) is 0 Å². The average Bonchev–Trinajstić information content (AvgIpc) is 2.75. The molecule has 0 spiro atoms. The first-order valence-corrected chi connectivity index (χ1v) is 9.58. The third kappa shape index (κ3) is 3.61. The molecule has 2 heterocycles. The molecule has 1 aliphatic rings. The fourth-order valence-corrected chi connectivity index (χ4v) is 3.68. The molecule has 0 N–H and O–H groups in total. The summed E-state index contributed by atoms with van der Waals surface area (Å²) in [6.07, 6.45) is 2.93. The molecule has 146 valence electrons. The molecule has 2 aromatic carbocycles. The van der Waals surface area contributed by atoms with E-state index in [-0.39, 0.29) is 24.4 Å². The molecule has 0 radical (unpaired) electrons. The van der Waals surface area contributed by atoms with Crippen LogP contribution in [-0.2, 0) is 4.79 Å². The Hall–Kier alpha value is -3.54. The number of amides is 2. The van der Waals surface area contributed by atoms with Crippen molar-refractivity contribution >= 4 is 17.5 Å². The van der Waals surface area contributed by atoms with Crippen LogP contribution in [0, 0.1) is 6.92 Å². The SMILES string of the molecule is Cc1ncncc1C(=O)N1CC(=O)N(c2ccccc2-c2ccccc2)C[C@H]1C. The number of aryl methyl sites for hydroxylation is 1. The Balaban J connectivity index is 1.62. The van der Waals surface area contributed by atoms with E-state index in [0.717, 1.165) is 16.8 Å². The molecule has 1 aromatic heterocycles. The summed E-state index contributed by atoms with van der Waals surface area (Å²) < 4.78 is 0. The minimum Gasteiger partial charge on any atom is -0.325 e. The summed E-state index contributed by atoms with van der Waals surface area (Å²) >= 11 is 0. The summed E-state index contributed by atoms with van der Waals surface area (Å²) in [7, 11) is 0. The van der Waals surface area contributed by atoms with Gasteiger partial charge >= 0.3 is 0 Å². The third-order valence-corrected chi connectivity index (χ3v) is 5.27. The second-order valence-electron chi connectivity index (χ2n) is 7.19. The molecule has 6 nitrogen and oxygen atoms in total. The van der Waals surface area contributed by atoms with Crippen molar-refractivity contribution in [3.8, 4) is 11.1 Å². The number of hydrogen-bond donors (Lipinski definition) is 0. The fourth-order valence-electron chi connectivity index (χ4n) is 3.68. The van der Waals surface area contributed by atoms with Crippen LogP contribution < -0.4 is 4.90 Å². The minimum absolute atomic E-state index is 0.0253. The number of carbonyl (C=O) groups is 2. The highest BCUT2D eigenvalue weighted by Gasteiger charge is 2.35. The van der Waals surface area contributed by atoms with Crippen LogP contribution >= 0.6 is 0 Å². The van der Waals surface area contributed by atoms with E-state index < -0.39 is 0 Å². The van der Waals surface area contributed by atoms with E-state index in [4.69, 9.17) is 0 Å². The van der Waals surface area contributed by atoms with Gasteiger partial charge in [0.05, 0.1) is 16.9 Å². The van der Waals surface area contributed by atoms with E-state index in [1.165, 1.54) is 12.5 Å². The van der Waals surface area contributed by atoms with Crippen LogP contribution in [0.1, 0.15) is 23.0 Å². The first-order valence-electron chi connectivity index (χ1n) is 9.58. The largest absolute Gasteiger partial charge is 0.325 e. The molecule has 4 rings (SSSR count). The molecule has 1 aliphatic heterocycles. The molecule has 1 saturated heterocycles. The third-order valence-electron chi connectivity index (χ3n) is 5.27. The molecule has 0 bridgehead atoms. The van der Waals surface area contributed by atoms with Gasteiger partial charge in [-0.1, -0.05) is 48.5 Å². The van der Waals surface area contributed by atoms with Gasteiger partial charge in [0, 0.05) is 24.3 Å². The number of para-hydroxylation sites is 1. The van der Waals surface area contributed by atoms with Crippen LogP contribution in [0.2, 0.25) is 0 Å². The summed E-state index contributed by atoms with van der Waals surface area (Å²) in [6.45, 7) is 4.19. The van der Waals surface area contributed by atoms with Gasteiger partial charge in [0.2, 0.25) is 5.91 Å². The summed E-state index contributed by atoms with van der Waals surface area (Å²) in [5.74, 6) is -0.311. The lowest BCUT2D eigenvalue weighted by Gasteiger charge is -2.40. The lowest BCUT2D eigenvalue weighted by atomic mass is 10.0. The molecule has 29 heavy (non-hydrogen) atoms. The van der Waals surface area contributed by atoms with Crippen molar-refractivity contribution in [2.24, 2.45) is 0 Å². The summed E-state index contributed by atoms with van der Waals surface area (Å²) in [4.78, 5) is 37.5. The Morgan fingerprint density at radius 2 is 1.79 bits per heavy atom. The van der Waals surface area contributed by atoms with Crippen molar-refractivity contribution in [3.05, 3.63) is 78.4 Å². The number of carbonyl (C=O) groups excluding carboxylic acids is 2. The maximum absolute atomic E-state index is 13.1. The molecule has 1 fully saturated rings. The molecule has 1 atom stereocenters. The number of aromatic nitrogens is 2. The van der Waals surface area contributed by atoms with Crippen molar-refractivity contribution in [3.63, 3.8) is 0 Å². The van der Waals surface area contributed by atoms with Gasteiger partial charge in [-0.05, 0) is 25.5 Å². The number of nitrogens with zero attached hydrogens (tertiary/aromatic N) is 4. The number of benzene rings is 2. The van der Waals surface area contributed by atoms with Crippen LogP contribution in [0.5, 0.6) is 0 Å². The predicted octanol–water partition coefficient (Wildman–Crippen LogP) is 3.33. The van der Waals surface area contributed by atoms with E-state index >= 15 is 0 Å². The molecule has 0 unspecified atom stereocenters. The van der Waals surface area contributed by atoms with Gasteiger partial charge in [-0.25, -0.2) is 9.97 Å². The Labute approximate surface area is 169 Å². The highest BCUT2D eigenvalue weighted by Crippen LogP contribution is 2.32. The maximum Gasteiger partial charge on any atom is 0.258 e. The van der Waals surface area contributed by atoms with Crippen LogP contribution in [0.15, 0.2) is 67.1 Å². The van der Waals surface area contributed by atoms with E-state index in [0.29, 0.717) is 17.8 Å². The van der Waals surface area contributed by atoms with Crippen molar-refractivity contribution < 1.29 is 9.59 Å². The van der Waals surface area contributed by atoms with Crippen molar-refractivity contribution in [2.75, 3.05) is 18.0 Å². The lowest BCUT2D eigenvalue weighted by Crippen LogP contribution is -2.57. The number of anilines is 1. The van der Waals surface area contributed by atoms with E-state index in [1.807, 2.05) is 61.5 Å². The van der Waals surface area contributed by atoms with Crippen molar-refractivity contribution in [2.45, 2.75) is 19.9 Å². The van der Waals surface area contributed by atoms with E-state index in [9.17, 15) is 9.59 Å². The van der Waals surface area contributed by atoms with Crippen LogP contribution in [0.4, 0.5) is 5.69 Å². The summed E-state index contributed by atoms with van der Waals surface area (Å²) in [5.41, 5.74) is 3.97. The highest BCUT2D eigenvalue weighted by atomic mass is 16.2. The number of piperazine rings is 1. The van der Waals surface area contributed by atoms with Gasteiger partial charge in [-0.15, -0.1) is 0 Å². The van der Waals surface area contributed by atoms with Gasteiger partial charge in [0.15, 0.2) is 0 Å². The van der Waals surface area contributed by atoms with Crippen LogP contribution in [0.25, 0.3) is 11.1 Å². The van der Waals surface area contributed by atoms with Gasteiger partial charge < -0.3 is 9.80 Å². The van der Waals surface area contributed by atoms with Crippen molar-refractivity contribution in [1.82, 2.24) is 14.9 Å². The fraction of sp³-hybridized carbons (Fsp3) is 0.217. The first-order chi connectivity index (χ1) is 14.1. The highest BCUT2D eigenvalue weighted by molar-refractivity contribution is 6.04. The number of hydrogen-bond acceptors (Lipinski definition) is 4. The maximum atomic E-state index is 13.1. The first kappa shape index (κ1) is 18.8. The Morgan fingerprint density at radius 1 is 1.07 bits per heavy atom. The van der Waals surface area contributed by atoms with Gasteiger partial charge in [-0.3, -0.25) is 9.59 Å². The molecular formula is C23H22N4O2. The smallest absolute Gasteiger partial charge is 0.258 e. The zero-order valence-corrected chi connectivity index (χ0v) is 16.4. The average molecular weight is 386 g/mol. The quantitative estimate of drug-likeness (QED) is 0.693.